The first-order valence-corrected chi connectivity index (χ1v) is 5.06. The Bertz CT molecular complexity index is 357. The molecule has 3 nitrogen and oxygen atoms in total. The molecule has 0 aliphatic rings. The maximum Gasteiger partial charge on any atom is 0.212 e. The third kappa shape index (κ3) is 1.79. The van der Waals surface area contributed by atoms with Crippen LogP contribution in [-0.4, -0.2) is 19.2 Å². The predicted octanol–water partition coefficient (Wildman–Crippen LogP) is 1.01. The van der Waals surface area contributed by atoms with Gasteiger partial charge in [0.25, 0.3) is 0 Å². The summed E-state index contributed by atoms with van der Waals surface area (Å²) in [5.74, 6) is -0.676. The fourth-order valence-electron chi connectivity index (χ4n) is 0.713. The van der Waals surface area contributed by atoms with E-state index in [0.717, 1.165) is 12.3 Å². The Kier molecular flexibility index (Phi) is 2.42. The van der Waals surface area contributed by atoms with Gasteiger partial charge in [0.1, 0.15) is 0 Å². The zero-order valence-electron chi connectivity index (χ0n) is 6.49. The maximum atomic E-state index is 12.3. The molecule has 1 aromatic rings. The van der Waals surface area contributed by atoms with E-state index in [-0.39, 0.29) is 10.6 Å². The van der Waals surface area contributed by atoms with Crippen LogP contribution in [0.5, 0.6) is 0 Å². The number of rotatable bonds is 2. The molecule has 1 rings (SSSR count). The van der Waals surface area contributed by atoms with Crippen molar-refractivity contribution in [3.8, 4) is 0 Å². The lowest BCUT2D eigenvalue weighted by Crippen LogP contribution is -2.04. The Morgan fingerprint density at radius 1 is 1.50 bits per heavy atom. The predicted molar refractivity (Wildman–Crippen MR) is 41.9 cm³/mol. The summed E-state index contributed by atoms with van der Waals surface area (Å²) in [5.41, 5.74) is 0. The molecular weight excluding hydrogens is 181 g/mol. The van der Waals surface area contributed by atoms with E-state index < -0.39 is 15.8 Å². The zero-order chi connectivity index (χ0) is 9.19. The molecule has 0 N–H and O–H groups in total. The minimum atomic E-state index is -3.24. The molecule has 0 bridgehead atoms. The van der Waals surface area contributed by atoms with E-state index in [1.54, 1.807) is 0 Å². The van der Waals surface area contributed by atoms with Gasteiger partial charge in [-0.05, 0) is 12.1 Å². The number of aromatic nitrogens is 1. The van der Waals surface area contributed by atoms with Crippen LogP contribution >= 0.6 is 0 Å². The largest absolute Gasteiger partial charge is 0.227 e. The number of hydrogen-bond donors (Lipinski definition) is 0. The molecule has 0 unspecified atom stereocenters. The van der Waals surface area contributed by atoms with E-state index in [1.807, 2.05) is 0 Å². The van der Waals surface area contributed by atoms with Crippen LogP contribution in [0.25, 0.3) is 0 Å². The second-order valence-corrected chi connectivity index (χ2v) is 4.50. The van der Waals surface area contributed by atoms with Crippen LogP contribution in [0.3, 0.4) is 0 Å². The van der Waals surface area contributed by atoms with Crippen LogP contribution in [-0.2, 0) is 9.84 Å². The van der Waals surface area contributed by atoms with E-state index in [9.17, 15) is 12.8 Å². The summed E-state index contributed by atoms with van der Waals surface area (Å²) in [4.78, 5) is 3.31. The van der Waals surface area contributed by atoms with E-state index in [0.29, 0.717) is 0 Å². The summed E-state index contributed by atoms with van der Waals surface area (Å²) in [6.07, 6.45) is 1.02. The number of pyridine rings is 1. The smallest absolute Gasteiger partial charge is 0.212 e. The number of sulfone groups is 1. The minimum absolute atomic E-state index is 0.000310. The number of halogens is 1. The fraction of sp³-hybridized carbons (Fsp3) is 0.286. The summed E-state index contributed by atoms with van der Waals surface area (Å²) in [7, 11) is -3.24. The molecule has 1 aromatic heterocycles. The first kappa shape index (κ1) is 9.12. The molecule has 5 heteroatoms. The molecule has 66 valence electrons. The summed E-state index contributed by atoms with van der Waals surface area (Å²) < 4.78 is 34.6. The van der Waals surface area contributed by atoms with Crippen LogP contribution < -0.4 is 0 Å². The molecular formula is C7H8FNO2S. The van der Waals surface area contributed by atoms with Crippen LogP contribution in [0.2, 0.25) is 0 Å². The topological polar surface area (TPSA) is 47.0 Å². The first-order chi connectivity index (χ1) is 5.56. The summed E-state index contributed by atoms with van der Waals surface area (Å²) in [6, 6.07) is 2.24. The van der Waals surface area contributed by atoms with Gasteiger partial charge in [-0.3, -0.25) is 0 Å². The van der Waals surface area contributed by atoms with Crippen molar-refractivity contribution in [2.24, 2.45) is 0 Å². The van der Waals surface area contributed by atoms with Crippen molar-refractivity contribution in [2.45, 2.75) is 11.8 Å². The lowest BCUT2D eigenvalue weighted by atomic mass is 10.5. The molecule has 0 aliphatic carbocycles. The van der Waals surface area contributed by atoms with Gasteiger partial charge >= 0.3 is 0 Å². The van der Waals surface area contributed by atoms with Gasteiger partial charge in [0.05, 0.1) is 10.6 Å². The minimum Gasteiger partial charge on any atom is -0.227 e. The zero-order valence-corrected chi connectivity index (χ0v) is 7.31. The maximum absolute atomic E-state index is 12.3. The van der Waals surface area contributed by atoms with Crippen molar-refractivity contribution in [2.75, 3.05) is 5.75 Å². The second kappa shape index (κ2) is 3.18. The highest BCUT2D eigenvalue weighted by Crippen LogP contribution is 2.08. The normalized spacial score (nSPS) is 11.5. The van der Waals surface area contributed by atoms with Crippen molar-refractivity contribution in [1.82, 2.24) is 4.98 Å². The molecule has 0 aliphatic heterocycles. The van der Waals surface area contributed by atoms with Gasteiger partial charge in [0, 0.05) is 6.20 Å². The van der Waals surface area contributed by atoms with Gasteiger partial charge < -0.3 is 0 Å². The molecule has 1 heterocycles. The number of nitrogens with zero attached hydrogens (tertiary/aromatic N) is 1. The quantitative estimate of drug-likeness (QED) is 0.652. The average Bonchev–Trinajstić information content (AvgIpc) is 2.05. The van der Waals surface area contributed by atoms with E-state index in [2.05, 4.69) is 4.98 Å². The summed E-state index contributed by atoms with van der Waals surface area (Å²) >= 11 is 0. The molecule has 12 heavy (non-hydrogen) atoms. The van der Waals surface area contributed by atoms with Crippen molar-refractivity contribution >= 4 is 9.84 Å². The van der Waals surface area contributed by atoms with Crippen LogP contribution in [0.15, 0.2) is 23.2 Å². The molecule has 0 aromatic carbocycles. The Hall–Kier alpha value is -0.970. The van der Waals surface area contributed by atoms with Crippen molar-refractivity contribution in [3.05, 3.63) is 24.3 Å². The molecule has 0 saturated heterocycles. The molecule has 0 spiro atoms. The summed E-state index contributed by atoms with van der Waals surface area (Å²) in [6.45, 7) is 1.53. The standard InChI is InChI=1S/C7H8FNO2S/c1-2-12(10,11)6-3-4-7(8)9-5-6/h3-5H,2H2,1H3. The Morgan fingerprint density at radius 2 is 2.17 bits per heavy atom. The summed E-state index contributed by atoms with van der Waals surface area (Å²) in [5, 5.41) is 0. The van der Waals surface area contributed by atoms with Crippen molar-refractivity contribution < 1.29 is 12.8 Å². The van der Waals surface area contributed by atoms with Crippen molar-refractivity contribution in [1.29, 1.82) is 0 Å². The number of hydrogen-bond acceptors (Lipinski definition) is 3. The first-order valence-electron chi connectivity index (χ1n) is 3.40. The van der Waals surface area contributed by atoms with Gasteiger partial charge in [-0.2, -0.15) is 4.39 Å². The highest BCUT2D eigenvalue weighted by Gasteiger charge is 2.10. The lowest BCUT2D eigenvalue weighted by Gasteiger charge is -1.98. The van der Waals surface area contributed by atoms with E-state index in [1.165, 1.54) is 13.0 Å². The third-order valence-electron chi connectivity index (χ3n) is 1.44. The van der Waals surface area contributed by atoms with Crippen LogP contribution in [0, 0.1) is 5.95 Å². The highest BCUT2D eigenvalue weighted by atomic mass is 32.2. The van der Waals surface area contributed by atoms with Gasteiger partial charge in [-0.15, -0.1) is 0 Å². The molecule has 0 fully saturated rings. The van der Waals surface area contributed by atoms with Gasteiger partial charge in [-0.1, -0.05) is 6.92 Å². The molecule has 0 saturated carbocycles. The van der Waals surface area contributed by atoms with Gasteiger partial charge in [-0.25, -0.2) is 13.4 Å². The van der Waals surface area contributed by atoms with Crippen LogP contribution in [0.4, 0.5) is 4.39 Å². The van der Waals surface area contributed by atoms with Crippen LogP contribution in [0.1, 0.15) is 6.92 Å². The molecule has 0 amide bonds. The van der Waals surface area contributed by atoms with Gasteiger partial charge in [0.15, 0.2) is 9.84 Å². The highest BCUT2D eigenvalue weighted by molar-refractivity contribution is 7.91. The second-order valence-electron chi connectivity index (χ2n) is 2.22. The third-order valence-corrected chi connectivity index (χ3v) is 3.16. The Morgan fingerprint density at radius 3 is 2.58 bits per heavy atom. The van der Waals surface area contributed by atoms with Crippen molar-refractivity contribution in [3.63, 3.8) is 0 Å². The molecule has 0 atom stereocenters. The van der Waals surface area contributed by atoms with E-state index >= 15 is 0 Å². The monoisotopic (exact) mass is 189 g/mol. The van der Waals surface area contributed by atoms with E-state index in [4.69, 9.17) is 0 Å². The Balaban J connectivity index is 3.14. The Labute approximate surface area is 70.2 Å². The average molecular weight is 189 g/mol. The fourth-order valence-corrected chi connectivity index (χ4v) is 1.53. The lowest BCUT2D eigenvalue weighted by molar-refractivity contribution is 0.576. The van der Waals surface area contributed by atoms with Gasteiger partial charge in [0.2, 0.25) is 5.95 Å². The SMILES string of the molecule is CCS(=O)(=O)c1ccc(F)nc1. The molecule has 0 radical (unpaired) electrons.